The first-order valence-electron chi connectivity index (χ1n) is 23.3. The van der Waals surface area contributed by atoms with Gasteiger partial charge in [-0.3, -0.25) is 38.4 Å². The normalized spacial score (nSPS) is 14.5. The third kappa shape index (κ3) is 22.6. The summed E-state index contributed by atoms with van der Waals surface area (Å²) in [6.07, 6.45) is -1.32. The second kappa shape index (κ2) is 27.4. The fourth-order valence-electron chi connectivity index (χ4n) is 6.62. The third-order valence-corrected chi connectivity index (χ3v) is 10.1. The monoisotopic (exact) mass is 982 g/mol. The van der Waals surface area contributed by atoms with Crippen molar-refractivity contribution in [1.82, 2.24) is 42.5 Å². The molecule has 7 atom stereocenters. The van der Waals surface area contributed by atoms with Crippen LogP contribution in [0.4, 0.5) is 4.79 Å². The van der Waals surface area contributed by atoms with Crippen LogP contribution in [0.3, 0.4) is 0 Å². The Hall–Kier alpha value is -6.77. The number of benzene rings is 2. The molecule has 0 spiro atoms. The molecule has 0 saturated carbocycles. The number of hydrogen-bond acceptors (Lipinski definition) is 13. The molecule has 0 aliphatic rings. The van der Waals surface area contributed by atoms with Crippen LogP contribution in [0.25, 0.3) is 0 Å². The van der Waals surface area contributed by atoms with Crippen molar-refractivity contribution in [2.45, 2.75) is 156 Å². The van der Waals surface area contributed by atoms with Gasteiger partial charge in [-0.05, 0) is 96.9 Å². The maximum absolute atomic E-state index is 14.3. The molecule has 8 amide bonds. The molecule has 0 unspecified atom stereocenters. The summed E-state index contributed by atoms with van der Waals surface area (Å²) in [5.41, 5.74) is 4.73. The first-order chi connectivity index (χ1) is 32.4. The van der Waals surface area contributed by atoms with Gasteiger partial charge in [-0.2, -0.15) is 0 Å². The Bertz CT molecular complexity index is 2100. The van der Waals surface area contributed by atoms with Crippen molar-refractivity contribution in [3.63, 3.8) is 0 Å². The van der Waals surface area contributed by atoms with Gasteiger partial charge in [0.1, 0.15) is 47.2 Å². The van der Waals surface area contributed by atoms with Crippen LogP contribution in [0.5, 0.6) is 5.75 Å². The standard InChI is InChI=1S/C49H75N9O12/c1-27(2)39(45(66)52-26-37(50)60)58-46(67)40(28(3)4)57-44(65)36(24-38(61)69-48(7,8)9)56-43(64)35(23-31-16-14-13-15-17-31)55-41(62)30(6)54-42(63)34(22-32-18-20-33(59)21-19-32)51-25-29(5)53-47(68)70-49(10,11)12/h13-21,27-30,34-36,39-40,51,59H,22-26H2,1-12H3,(H2,50,60)(H,52,66)(H,53,68)(H,54,63)(H,55,62)(H,56,64)(H,57,65)(H,58,67)/t29-,30+,34-,35-,36-,39-,40-/m0/s1. The van der Waals surface area contributed by atoms with Crippen LogP contribution in [-0.2, 0) is 60.7 Å². The van der Waals surface area contributed by atoms with E-state index in [9.17, 15) is 48.3 Å². The molecule has 21 nitrogen and oxygen atoms in total. The highest BCUT2D eigenvalue weighted by atomic mass is 16.6. The first kappa shape index (κ1) is 59.4. The Kier molecular flexibility index (Phi) is 23.3. The molecule has 0 aliphatic carbocycles. The van der Waals surface area contributed by atoms with Gasteiger partial charge in [0.2, 0.25) is 41.4 Å². The number of primary amides is 1. The average Bonchev–Trinajstić information content (AvgIpc) is 3.23. The number of esters is 1. The van der Waals surface area contributed by atoms with Gasteiger partial charge in [0, 0.05) is 19.0 Å². The van der Waals surface area contributed by atoms with E-state index in [0.717, 1.165) is 0 Å². The lowest BCUT2D eigenvalue weighted by molar-refractivity contribution is -0.156. The molecule has 11 N–H and O–H groups in total. The molecule has 0 radical (unpaired) electrons. The van der Waals surface area contributed by atoms with Gasteiger partial charge in [0.05, 0.1) is 19.0 Å². The molecular formula is C49H75N9O12. The lowest BCUT2D eigenvalue weighted by Crippen LogP contribution is -2.61. The highest BCUT2D eigenvalue weighted by Gasteiger charge is 2.36. The van der Waals surface area contributed by atoms with Crippen molar-refractivity contribution >= 4 is 53.4 Å². The van der Waals surface area contributed by atoms with Gasteiger partial charge in [0.25, 0.3) is 0 Å². The van der Waals surface area contributed by atoms with Crippen LogP contribution in [0.2, 0.25) is 0 Å². The van der Waals surface area contributed by atoms with Crippen LogP contribution in [0.1, 0.15) is 101 Å². The van der Waals surface area contributed by atoms with Crippen molar-refractivity contribution in [1.29, 1.82) is 0 Å². The molecule has 0 fully saturated rings. The number of hydrogen-bond donors (Lipinski definition) is 10. The van der Waals surface area contributed by atoms with Crippen LogP contribution in [0, 0.1) is 11.8 Å². The Morgan fingerprint density at radius 2 is 1.04 bits per heavy atom. The van der Waals surface area contributed by atoms with E-state index in [1.165, 1.54) is 19.1 Å². The molecule has 21 heteroatoms. The molecular weight excluding hydrogens is 907 g/mol. The van der Waals surface area contributed by atoms with E-state index in [0.29, 0.717) is 11.1 Å². The highest BCUT2D eigenvalue weighted by Crippen LogP contribution is 2.15. The van der Waals surface area contributed by atoms with Crippen molar-refractivity contribution in [2.75, 3.05) is 13.1 Å². The smallest absolute Gasteiger partial charge is 0.407 e. The minimum atomic E-state index is -1.65. The van der Waals surface area contributed by atoms with Gasteiger partial charge < -0.3 is 62.8 Å². The number of carbonyl (C=O) groups excluding carboxylic acids is 9. The van der Waals surface area contributed by atoms with Crippen molar-refractivity contribution < 1.29 is 57.7 Å². The number of phenols is 1. The predicted molar refractivity (Wildman–Crippen MR) is 260 cm³/mol. The summed E-state index contributed by atoms with van der Waals surface area (Å²) in [5, 5.41) is 31.2. The summed E-state index contributed by atoms with van der Waals surface area (Å²) < 4.78 is 10.8. The predicted octanol–water partition coefficient (Wildman–Crippen LogP) is 1.14. The maximum Gasteiger partial charge on any atom is 0.407 e. The second-order valence-electron chi connectivity index (χ2n) is 19.9. The SMILES string of the molecule is CC(C)[C@H](NC(=O)[C@H](CC(=O)OC(C)(C)C)NC(=O)[C@H](Cc1ccccc1)NC(=O)[C@@H](C)NC(=O)[C@H](Cc1ccc(O)cc1)NC[C@H](C)NC(=O)OC(C)(C)C)C(=O)N[C@H](C(=O)NCC(N)=O)C(C)C. The Morgan fingerprint density at radius 1 is 0.557 bits per heavy atom. The summed E-state index contributed by atoms with van der Waals surface area (Å²) in [7, 11) is 0. The van der Waals surface area contributed by atoms with E-state index in [-0.39, 0.29) is 25.1 Å². The number of alkyl carbamates (subject to hydrolysis) is 1. The van der Waals surface area contributed by atoms with Crippen LogP contribution in [0.15, 0.2) is 54.6 Å². The Labute approximate surface area is 410 Å². The van der Waals surface area contributed by atoms with Crippen molar-refractivity contribution in [3.8, 4) is 5.75 Å². The van der Waals surface area contributed by atoms with E-state index in [1.54, 1.807) is 119 Å². The van der Waals surface area contributed by atoms with E-state index >= 15 is 0 Å². The number of phenolic OH excluding ortho intramolecular Hbond substituents is 1. The maximum atomic E-state index is 14.3. The fourth-order valence-corrected chi connectivity index (χ4v) is 6.62. The van der Waals surface area contributed by atoms with Crippen molar-refractivity contribution in [3.05, 3.63) is 65.7 Å². The lowest BCUT2D eigenvalue weighted by atomic mass is 9.99. The molecule has 0 aliphatic heterocycles. The number of rotatable bonds is 25. The van der Waals surface area contributed by atoms with E-state index in [2.05, 4.69) is 42.5 Å². The van der Waals surface area contributed by atoms with Gasteiger partial charge in [-0.15, -0.1) is 0 Å². The molecule has 70 heavy (non-hydrogen) atoms. The first-order valence-corrected chi connectivity index (χ1v) is 23.3. The third-order valence-electron chi connectivity index (χ3n) is 10.1. The van der Waals surface area contributed by atoms with E-state index in [1.807, 2.05) is 0 Å². The molecule has 388 valence electrons. The Balaban J connectivity index is 2.41. The van der Waals surface area contributed by atoms with E-state index in [4.69, 9.17) is 15.2 Å². The zero-order chi connectivity index (χ0) is 53.1. The quantitative estimate of drug-likeness (QED) is 0.0625. The number of nitrogens with two attached hydrogens (primary N) is 1. The van der Waals surface area contributed by atoms with Gasteiger partial charge in [-0.25, -0.2) is 4.79 Å². The topological polar surface area (TPSA) is 315 Å². The van der Waals surface area contributed by atoms with Gasteiger partial charge >= 0.3 is 12.1 Å². The van der Waals surface area contributed by atoms with Crippen LogP contribution < -0.4 is 48.3 Å². The van der Waals surface area contributed by atoms with Crippen LogP contribution >= 0.6 is 0 Å². The summed E-state index contributed by atoms with van der Waals surface area (Å²) in [5.74, 6) is -7.37. The zero-order valence-corrected chi connectivity index (χ0v) is 42.4. The van der Waals surface area contributed by atoms with Gasteiger partial charge in [-0.1, -0.05) is 70.2 Å². The summed E-state index contributed by atoms with van der Waals surface area (Å²) in [6, 6.07) is 6.68. The number of carbonyl (C=O) groups is 9. The van der Waals surface area contributed by atoms with Crippen LogP contribution in [-0.4, -0.2) is 125 Å². The minimum Gasteiger partial charge on any atom is -0.508 e. The van der Waals surface area contributed by atoms with Crippen molar-refractivity contribution in [2.24, 2.45) is 17.6 Å². The lowest BCUT2D eigenvalue weighted by Gasteiger charge is -2.29. The fraction of sp³-hybridized carbons (Fsp3) is 0.571. The number of ether oxygens (including phenoxy) is 2. The summed E-state index contributed by atoms with van der Waals surface area (Å²) in [4.78, 5) is 120. The van der Waals surface area contributed by atoms with E-state index < -0.39 is 132 Å². The molecule has 0 bridgehead atoms. The second-order valence-corrected chi connectivity index (χ2v) is 19.9. The molecule has 0 heterocycles. The molecule has 2 aromatic carbocycles. The zero-order valence-electron chi connectivity index (χ0n) is 42.4. The summed E-state index contributed by atoms with van der Waals surface area (Å²) >= 11 is 0. The highest BCUT2D eigenvalue weighted by molar-refractivity contribution is 5.98. The number of aromatic hydroxyl groups is 1. The average molecular weight is 982 g/mol. The largest absolute Gasteiger partial charge is 0.508 e. The minimum absolute atomic E-state index is 0.0224. The number of amides is 8. The molecule has 0 saturated heterocycles. The number of nitrogens with one attached hydrogen (secondary N) is 8. The molecule has 2 rings (SSSR count). The summed E-state index contributed by atoms with van der Waals surface area (Å²) in [6.45, 7) is 19.4. The van der Waals surface area contributed by atoms with Gasteiger partial charge in [0.15, 0.2) is 0 Å². The molecule has 0 aromatic heterocycles. The molecule has 2 aromatic rings. The Morgan fingerprint density at radius 3 is 1.59 bits per heavy atom.